The van der Waals surface area contributed by atoms with Crippen molar-refractivity contribution in [3.05, 3.63) is 6.42 Å². The van der Waals surface area contributed by atoms with Gasteiger partial charge in [0.05, 0.1) is 0 Å². The maximum Gasteiger partial charge on any atom is 0.0229 e. The molecule has 1 radical (unpaired) electrons. The number of rotatable bonds is 4. The lowest BCUT2D eigenvalue weighted by atomic mass is 9.96. The number of hydrogen-bond donors (Lipinski definition) is 0. The molecule has 0 heterocycles. The minimum atomic E-state index is 0.297. The van der Waals surface area contributed by atoms with Gasteiger partial charge in [0.15, 0.2) is 0 Å². The van der Waals surface area contributed by atoms with Crippen LogP contribution in [0, 0.1) is 42.9 Å². The van der Waals surface area contributed by atoms with Crippen molar-refractivity contribution in [3.8, 4) is 24.7 Å². The molecule has 0 heteroatoms. The SMILES string of the molecule is C#CC(C)C[CH]C(C#C)CC. The summed E-state index contributed by atoms with van der Waals surface area (Å²) in [5, 5.41) is 0. The Kier molecular flexibility index (Phi) is 5.40. The van der Waals surface area contributed by atoms with Crippen molar-refractivity contribution in [1.29, 1.82) is 0 Å². The van der Waals surface area contributed by atoms with Crippen LogP contribution in [0.25, 0.3) is 0 Å². The quantitative estimate of drug-likeness (QED) is 0.536. The molecule has 0 aromatic carbocycles. The summed E-state index contributed by atoms with van der Waals surface area (Å²) >= 11 is 0. The van der Waals surface area contributed by atoms with Gasteiger partial charge in [-0.25, -0.2) is 0 Å². The van der Waals surface area contributed by atoms with Crippen molar-refractivity contribution in [1.82, 2.24) is 0 Å². The monoisotopic (exact) mass is 147 g/mol. The van der Waals surface area contributed by atoms with Crippen molar-refractivity contribution in [3.63, 3.8) is 0 Å². The molecule has 0 aromatic heterocycles. The van der Waals surface area contributed by atoms with E-state index in [-0.39, 0.29) is 0 Å². The zero-order valence-electron chi connectivity index (χ0n) is 7.30. The maximum absolute atomic E-state index is 5.28. The van der Waals surface area contributed by atoms with Gasteiger partial charge in [0, 0.05) is 11.8 Å². The molecule has 0 N–H and O–H groups in total. The van der Waals surface area contributed by atoms with Gasteiger partial charge in [0.25, 0.3) is 0 Å². The molecule has 0 nitrogen and oxygen atoms in total. The Morgan fingerprint density at radius 2 is 2.00 bits per heavy atom. The van der Waals surface area contributed by atoms with Gasteiger partial charge < -0.3 is 0 Å². The largest absolute Gasteiger partial charge is 0.120 e. The van der Waals surface area contributed by atoms with Crippen LogP contribution < -0.4 is 0 Å². The summed E-state index contributed by atoms with van der Waals surface area (Å²) in [5.74, 6) is 5.99. The maximum atomic E-state index is 5.28. The molecule has 2 atom stereocenters. The molecular formula is C11H15. The second-order valence-corrected chi connectivity index (χ2v) is 2.72. The second kappa shape index (κ2) is 5.87. The molecule has 0 aliphatic rings. The lowest BCUT2D eigenvalue weighted by molar-refractivity contribution is 0.637. The van der Waals surface area contributed by atoms with Gasteiger partial charge >= 0.3 is 0 Å². The molecule has 0 bridgehead atoms. The molecule has 0 saturated heterocycles. The van der Waals surface area contributed by atoms with E-state index in [0.29, 0.717) is 11.8 Å². The zero-order valence-corrected chi connectivity index (χ0v) is 7.30. The molecule has 0 aliphatic carbocycles. The van der Waals surface area contributed by atoms with E-state index in [1.165, 1.54) is 0 Å². The van der Waals surface area contributed by atoms with Gasteiger partial charge in [-0.3, -0.25) is 0 Å². The molecule has 11 heavy (non-hydrogen) atoms. The van der Waals surface area contributed by atoms with Crippen LogP contribution >= 0.6 is 0 Å². The van der Waals surface area contributed by atoms with E-state index < -0.39 is 0 Å². The predicted octanol–water partition coefficient (Wildman–Crippen LogP) is 2.51. The van der Waals surface area contributed by atoms with E-state index in [2.05, 4.69) is 25.2 Å². The molecule has 0 rings (SSSR count). The Hall–Kier alpha value is -0.880. The fourth-order valence-electron chi connectivity index (χ4n) is 0.789. The molecule has 0 aliphatic heterocycles. The second-order valence-electron chi connectivity index (χ2n) is 2.72. The summed E-state index contributed by atoms with van der Waals surface area (Å²) in [5.41, 5.74) is 0. The minimum Gasteiger partial charge on any atom is -0.120 e. The van der Waals surface area contributed by atoms with Gasteiger partial charge in [-0.15, -0.1) is 24.7 Å². The van der Waals surface area contributed by atoms with Crippen molar-refractivity contribution >= 4 is 0 Å². The molecule has 0 spiro atoms. The summed E-state index contributed by atoms with van der Waals surface area (Å²) in [4.78, 5) is 0. The lowest BCUT2D eigenvalue weighted by Gasteiger charge is -2.07. The third kappa shape index (κ3) is 4.51. The first-order valence-corrected chi connectivity index (χ1v) is 4.00. The highest BCUT2D eigenvalue weighted by Crippen LogP contribution is 2.12. The zero-order chi connectivity index (χ0) is 8.69. The van der Waals surface area contributed by atoms with Gasteiger partial charge in [-0.05, 0) is 19.3 Å². The molecular weight excluding hydrogens is 132 g/mol. The highest BCUT2D eigenvalue weighted by atomic mass is 14.1. The standard InChI is InChI=1S/C11H15/c1-5-10(4)8-9-11(6-2)7-3/h1-2,9-11H,7-8H2,3-4H3. The van der Waals surface area contributed by atoms with Crippen LogP contribution in [0.5, 0.6) is 0 Å². The van der Waals surface area contributed by atoms with Crippen LogP contribution in [0.15, 0.2) is 0 Å². The predicted molar refractivity (Wildman–Crippen MR) is 49.5 cm³/mol. The van der Waals surface area contributed by atoms with Gasteiger partial charge in [-0.1, -0.05) is 13.8 Å². The van der Waals surface area contributed by atoms with Gasteiger partial charge in [-0.2, -0.15) is 0 Å². The first kappa shape index (κ1) is 10.1. The molecule has 59 valence electrons. The molecule has 0 aromatic rings. The van der Waals surface area contributed by atoms with E-state index in [0.717, 1.165) is 12.8 Å². The van der Waals surface area contributed by atoms with Crippen LogP contribution in [-0.4, -0.2) is 0 Å². The topological polar surface area (TPSA) is 0 Å². The van der Waals surface area contributed by atoms with Crippen LogP contribution in [0.4, 0.5) is 0 Å². The van der Waals surface area contributed by atoms with E-state index >= 15 is 0 Å². The Labute approximate surface area is 70.4 Å². The van der Waals surface area contributed by atoms with E-state index in [1.54, 1.807) is 0 Å². The third-order valence-corrected chi connectivity index (χ3v) is 1.71. The Balaban J connectivity index is 3.54. The van der Waals surface area contributed by atoms with Crippen molar-refractivity contribution in [2.75, 3.05) is 0 Å². The summed E-state index contributed by atoms with van der Waals surface area (Å²) < 4.78 is 0. The Bertz CT molecular complexity index is 165. The average molecular weight is 147 g/mol. The van der Waals surface area contributed by atoms with E-state index in [1.807, 2.05) is 6.92 Å². The average Bonchev–Trinajstić information content (AvgIpc) is 2.06. The van der Waals surface area contributed by atoms with Crippen LogP contribution in [0.3, 0.4) is 0 Å². The van der Waals surface area contributed by atoms with Crippen LogP contribution in [-0.2, 0) is 0 Å². The van der Waals surface area contributed by atoms with Gasteiger partial charge in [0.1, 0.15) is 0 Å². The smallest absolute Gasteiger partial charge is 0.0229 e. The first-order chi connectivity index (χ1) is 5.24. The molecule has 0 fully saturated rings. The number of terminal acetylenes is 2. The van der Waals surface area contributed by atoms with Crippen LogP contribution in [0.2, 0.25) is 0 Å². The lowest BCUT2D eigenvalue weighted by Crippen LogP contribution is -1.99. The molecule has 2 unspecified atom stereocenters. The first-order valence-electron chi connectivity index (χ1n) is 4.00. The third-order valence-electron chi connectivity index (χ3n) is 1.71. The van der Waals surface area contributed by atoms with Gasteiger partial charge in [0.2, 0.25) is 0 Å². The van der Waals surface area contributed by atoms with E-state index in [4.69, 9.17) is 12.8 Å². The summed E-state index contributed by atoms with van der Waals surface area (Å²) in [6.45, 7) is 4.11. The fourth-order valence-corrected chi connectivity index (χ4v) is 0.789. The summed E-state index contributed by atoms with van der Waals surface area (Å²) in [7, 11) is 0. The molecule has 0 saturated carbocycles. The van der Waals surface area contributed by atoms with E-state index in [9.17, 15) is 0 Å². The van der Waals surface area contributed by atoms with Crippen molar-refractivity contribution in [2.24, 2.45) is 11.8 Å². The van der Waals surface area contributed by atoms with Crippen LogP contribution in [0.1, 0.15) is 26.7 Å². The summed E-state index contributed by atoms with van der Waals surface area (Å²) in [6, 6.07) is 0. The van der Waals surface area contributed by atoms with Crippen molar-refractivity contribution in [2.45, 2.75) is 26.7 Å². The Morgan fingerprint density at radius 3 is 2.36 bits per heavy atom. The highest BCUT2D eigenvalue weighted by Gasteiger charge is 2.04. The Morgan fingerprint density at radius 1 is 1.36 bits per heavy atom. The fraction of sp³-hybridized carbons (Fsp3) is 0.545. The summed E-state index contributed by atoms with van der Waals surface area (Å²) in [6.07, 6.45) is 14.6. The normalized spacial score (nSPS) is 14.5. The van der Waals surface area contributed by atoms with Crippen molar-refractivity contribution < 1.29 is 0 Å². The minimum absolute atomic E-state index is 0.297. The number of hydrogen-bond acceptors (Lipinski definition) is 0. The molecule has 0 amide bonds. The highest BCUT2D eigenvalue weighted by molar-refractivity contribution is 5.02.